The van der Waals surface area contributed by atoms with Crippen LogP contribution in [0, 0.1) is 0 Å². The predicted octanol–water partition coefficient (Wildman–Crippen LogP) is 7.38. The average molecular weight is 580 g/mol. The lowest BCUT2D eigenvalue weighted by molar-refractivity contribution is -0.137. The minimum absolute atomic E-state index is 0.00550. The fraction of sp³-hybridized carbons (Fsp3) is 0.500. The monoisotopic (exact) mass is 579 g/mol. The van der Waals surface area contributed by atoms with Gasteiger partial charge in [0.2, 0.25) is 11.8 Å². The van der Waals surface area contributed by atoms with Gasteiger partial charge in [-0.3, -0.25) is 0 Å². The number of carbonyl (C=O) groups is 1. The van der Waals surface area contributed by atoms with E-state index < -0.39 is 11.7 Å². The molecule has 40 heavy (non-hydrogen) atoms. The number of halogens is 4. The fourth-order valence-electron chi connectivity index (χ4n) is 5.20. The number of likely N-dealkylation sites (tertiary alicyclic amines) is 1. The van der Waals surface area contributed by atoms with Crippen molar-refractivity contribution in [1.29, 1.82) is 0 Å². The molecular formula is C28H33ClF3N5O3. The highest BCUT2D eigenvalue weighted by atomic mass is 35.5. The third-order valence-corrected chi connectivity index (χ3v) is 7.24. The van der Waals surface area contributed by atoms with Gasteiger partial charge in [-0.25, -0.2) is 19.7 Å². The number of oxazole rings is 1. The Labute approximate surface area is 236 Å². The van der Waals surface area contributed by atoms with Gasteiger partial charge in [0.15, 0.2) is 0 Å². The van der Waals surface area contributed by atoms with Gasteiger partial charge in [0.25, 0.3) is 0 Å². The zero-order valence-corrected chi connectivity index (χ0v) is 23.6. The summed E-state index contributed by atoms with van der Waals surface area (Å²) in [5.74, 6) is 0.702. The van der Waals surface area contributed by atoms with Crippen molar-refractivity contribution in [3.63, 3.8) is 0 Å². The topological polar surface area (TPSA) is 84.6 Å². The quantitative estimate of drug-likeness (QED) is 0.275. The SMILES string of the molecule is CC[C@@H]1C[C@H](N(Cc2cc(Cl)cc(C(F)(F)F)c2)c2ncc(-c3ncco3)cn2)C[C@H](CC)N1C(=O)OC(C)C. The van der Waals surface area contributed by atoms with Crippen LogP contribution in [0.2, 0.25) is 5.02 Å². The highest BCUT2D eigenvalue weighted by Gasteiger charge is 2.41. The predicted molar refractivity (Wildman–Crippen MR) is 145 cm³/mol. The van der Waals surface area contributed by atoms with Crippen LogP contribution >= 0.6 is 11.6 Å². The van der Waals surface area contributed by atoms with Gasteiger partial charge in [0.05, 0.1) is 23.4 Å². The smallest absolute Gasteiger partial charge is 0.416 e. The van der Waals surface area contributed by atoms with Gasteiger partial charge in [0, 0.05) is 42.1 Å². The normalized spacial score (nSPS) is 19.6. The molecule has 12 heteroatoms. The van der Waals surface area contributed by atoms with Crippen LogP contribution in [0.25, 0.3) is 11.5 Å². The molecule has 2 aromatic heterocycles. The van der Waals surface area contributed by atoms with Crippen molar-refractivity contribution in [2.24, 2.45) is 0 Å². The number of benzene rings is 1. The summed E-state index contributed by atoms with van der Waals surface area (Å²) < 4.78 is 51.6. The summed E-state index contributed by atoms with van der Waals surface area (Å²) in [6, 6.07) is 3.11. The summed E-state index contributed by atoms with van der Waals surface area (Å²) in [4.78, 5) is 30.0. The molecule has 3 aromatic rings. The van der Waals surface area contributed by atoms with Crippen molar-refractivity contribution >= 4 is 23.6 Å². The van der Waals surface area contributed by atoms with Crippen LogP contribution in [0.1, 0.15) is 64.5 Å². The lowest BCUT2D eigenvalue weighted by Crippen LogP contribution is -2.57. The van der Waals surface area contributed by atoms with E-state index in [9.17, 15) is 18.0 Å². The molecule has 4 rings (SSSR count). The molecule has 3 heterocycles. The Bertz CT molecular complexity index is 1260. The van der Waals surface area contributed by atoms with Crippen LogP contribution in [0.3, 0.4) is 0 Å². The van der Waals surface area contributed by atoms with E-state index in [0.29, 0.717) is 48.6 Å². The van der Waals surface area contributed by atoms with E-state index in [1.807, 2.05) is 37.5 Å². The molecule has 1 amide bonds. The van der Waals surface area contributed by atoms with Crippen LogP contribution in [0.15, 0.2) is 47.5 Å². The van der Waals surface area contributed by atoms with E-state index in [2.05, 4.69) is 15.0 Å². The van der Waals surface area contributed by atoms with Gasteiger partial charge in [-0.05, 0) is 63.3 Å². The molecule has 0 saturated carbocycles. The Hall–Kier alpha value is -3.34. The van der Waals surface area contributed by atoms with Crippen molar-refractivity contribution in [1.82, 2.24) is 19.9 Å². The summed E-state index contributed by atoms with van der Waals surface area (Å²) in [5.41, 5.74) is 0.127. The molecule has 8 nitrogen and oxygen atoms in total. The van der Waals surface area contributed by atoms with Crippen LogP contribution < -0.4 is 4.90 Å². The first-order valence-electron chi connectivity index (χ1n) is 13.3. The minimum atomic E-state index is -4.54. The van der Waals surface area contributed by atoms with Gasteiger partial charge in [-0.15, -0.1) is 0 Å². The summed E-state index contributed by atoms with van der Waals surface area (Å²) in [6.45, 7) is 7.74. The van der Waals surface area contributed by atoms with Gasteiger partial charge in [-0.2, -0.15) is 13.2 Å². The number of hydrogen-bond donors (Lipinski definition) is 0. The highest BCUT2D eigenvalue weighted by Crippen LogP contribution is 2.36. The molecule has 0 bridgehead atoms. The molecule has 0 unspecified atom stereocenters. The van der Waals surface area contributed by atoms with Crippen LogP contribution in [-0.4, -0.2) is 50.2 Å². The highest BCUT2D eigenvalue weighted by molar-refractivity contribution is 6.30. The fourth-order valence-corrected chi connectivity index (χ4v) is 5.46. The molecule has 1 aromatic carbocycles. The number of hydrogen-bond acceptors (Lipinski definition) is 7. The minimum Gasteiger partial charge on any atom is -0.447 e. The van der Waals surface area contributed by atoms with Crippen LogP contribution in [0.5, 0.6) is 0 Å². The largest absolute Gasteiger partial charge is 0.447 e. The zero-order chi connectivity index (χ0) is 29.0. The van der Waals surface area contributed by atoms with Crippen molar-refractivity contribution in [3.05, 3.63) is 59.2 Å². The molecule has 1 saturated heterocycles. The maximum atomic E-state index is 13.6. The molecule has 0 N–H and O–H groups in total. The van der Waals surface area contributed by atoms with Crippen molar-refractivity contribution < 1.29 is 27.1 Å². The standard InChI is InChI=1S/C28H33ClF3N5O3/c1-5-22-12-24(13-23(6-2)37(22)27(38)40-17(3)4)36(16-18-9-20(28(30,31)32)11-21(29)10-18)26-34-14-19(15-35-26)25-33-7-8-39-25/h7-11,14-15,17,22-24H,5-6,12-13,16H2,1-4H3/t22-,23+,24+. The number of nitrogens with zero attached hydrogens (tertiary/aromatic N) is 5. The summed E-state index contributed by atoms with van der Waals surface area (Å²) in [5, 5.41) is -0.00550. The Kier molecular flexibility index (Phi) is 9.22. The van der Waals surface area contributed by atoms with Crippen LogP contribution in [-0.2, 0) is 17.5 Å². The maximum absolute atomic E-state index is 13.6. The van der Waals surface area contributed by atoms with Gasteiger partial charge in [0.1, 0.15) is 6.26 Å². The lowest BCUT2D eigenvalue weighted by atomic mass is 9.87. The van der Waals surface area contributed by atoms with Gasteiger partial charge < -0.3 is 19.0 Å². The van der Waals surface area contributed by atoms with Gasteiger partial charge in [-0.1, -0.05) is 25.4 Å². The Morgan fingerprint density at radius 2 is 1.77 bits per heavy atom. The summed E-state index contributed by atoms with van der Waals surface area (Å²) in [7, 11) is 0. The summed E-state index contributed by atoms with van der Waals surface area (Å²) in [6.07, 6.45) is 3.47. The molecular weight excluding hydrogens is 547 g/mol. The molecule has 0 spiro atoms. The zero-order valence-electron chi connectivity index (χ0n) is 22.9. The second kappa shape index (κ2) is 12.4. The maximum Gasteiger partial charge on any atom is 0.416 e. The number of rotatable bonds is 8. The lowest BCUT2D eigenvalue weighted by Gasteiger charge is -2.47. The van der Waals surface area contributed by atoms with Crippen molar-refractivity contribution in [3.8, 4) is 11.5 Å². The molecule has 0 radical (unpaired) electrons. The first-order chi connectivity index (χ1) is 19.0. The summed E-state index contributed by atoms with van der Waals surface area (Å²) >= 11 is 6.11. The Morgan fingerprint density at radius 1 is 1.12 bits per heavy atom. The third-order valence-electron chi connectivity index (χ3n) is 7.02. The Morgan fingerprint density at radius 3 is 2.30 bits per heavy atom. The number of amides is 1. The number of aromatic nitrogens is 3. The second-order valence-electron chi connectivity index (χ2n) is 10.2. The first kappa shape index (κ1) is 29.6. The number of alkyl halides is 3. The third kappa shape index (κ3) is 6.86. The first-order valence-corrected chi connectivity index (χ1v) is 13.7. The van der Waals surface area contributed by atoms with Crippen LogP contribution in [0.4, 0.5) is 23.9 Å². The molecule has 1 fully saturated rings. The Balaban J connectivity index is 1.70. The van der Waals surface area contributed by atoms with Gasteiger partial charge >= 0.3 is 12.3 Å². The van der Waals surface area contributed by atoms with E-state index in [1.54, 1.807) is 12.4 Å². The van der Waals surface area contributed by atoms with E-state index >= 15 is 0 Å². The van der Waals surface area contributed by atoms with E-state index in [4.69, 9.17) is 20.8 Å². The second-order valence-corrected chi connectivity index (χ2v) is 10.6. The number of ether oxygens (including phenoxy) is 1. The number of carbonyl (C=O) groups excluding carboxylic acids is 1. The van der Waals surface area contributed by atoms with E-state index in [-0.39, 0.29) is 41.9 Å². The molecule has 3 atom stereocenters. The van der Waals surface area contributed by atoms with E-state index in [1.165, 1.54) is 18.5 Å². The molecule has 216 valence electrons. The number of piperidine rings is 1. The van der Waals surface area contributed by atoms with E-state index in [0.717, 1.165) is 12.1 Å². The molecule has 1 aliphatic heterocycles. The van der Waals surface area contributed by atoms with Crippen molar-refractivity contribution in [2.45, 2.75) is 90.3 Å². The molecule has 0 aliphatic carbocycles. The number of anilines is 1. The molecule has 1 aliphatic rings. The van der Waals surface area contributed by atoms with Crippen molar-refractivity contribution in [2.75, 3.05) is 4.90 Å². The average Bonchev–Trinajstić information content (AvgIpc) is 3.45.